The highest BCUT2D eigenvalue weighted by atomic mass is 35.5. The second-order valence-corrected chi connectivity index (χ2v) is 3.44. The van der Waals surface area contributed by atoms with Gasteiger partial charge in [-0.15, -0.1) is 0 Å². The van der Waals surface area contributed by atoms with Gasteiger partial charge in [0.15, 0.2) is 0 Å². The van der Waals surface area contributed by atoms with Gasteiger partial charge in [-0.3, -0.25) is 0 Å². The molecule has 0 bridgehead atoms. The van der Waals surface area contributed by atoms with E-state index in [9.17, 15) is 13.2 Å². The van der Waals surface area contributed by atoms with Crippen LogP contribution in [-0.4, -0.2) is 17.6 Å². The summed E-state index contributed by atoms with van der Waals surface area (Å²) in [6.45, 7) is -1.46. The maximum Gasteiger partial charge on any atom is 0.289 e. The zero-order chi connectivity index (χ0) is 11.6. The van der Waals surface area contributed by atoms with E-state index in [1.165, 1.54) is 12.1 Å². The summed E-state index contributed by atoms with van der Waals surface area (Å²) in [5.74, 6) is -4.52. The van der Waals surface area contributed by atoms with Gasteiger partial charge in [0.2, 0.25) is 0 Å². The van der Waals surface area contributed by atoms with Crippen LogP contribution in [0.15, 0.2) is 18.2 Å². The summed E-state index contributed by atoms with van der Waals surface area (Å²) in [6, 6.07) is 1.56. The third-order valence-electron chi connectivity index (χ3n) is 1.98. The molecule has 0 aliphatic rings. The van der Waals surface area contributed by atoms with Gasteiger partial charge in [0, 0.05) is 10.6 Å². The molecule has 0 saturated heterocycles. The molecule has 15 heavy (non-hydrogen) atoms. The first-order chi connectivity index (χ1) is 6.90. The van der Waals surface area contributed by atoms with E-state index in [0.29, 0.717) is 0 Å². The Hall–Kier alpha value is -0.780. The van der Waals surface area contributed by atoms with Crippen molar-refractivity contribution in [3.63, 3.8) is 0 Å². The van der Waals surface area contributed by atoms with Gasteiger partial charge in [0.05, 0.1) is 0 Å². The number of hydrogen-bond acceptors (Lipinski definition) is 2. The Bertz CT molecular complexity index is 339. The molecule has 6 heteroatoms. The zero-order valence-corrected chi connectivity index (χ0v) is 8.31. The molecule has 0 radical (unpaired) electrons. The number of aliphatic hydroxyl groups excluding tert-OH is 1. The molecule has 0 amide bonds. The average molecular weight is 240 g/mol. The number of alkyl halides is 2. The summed E-state index contributed by atoms with van der Waals surface area (Å²) >= 11 is 5.55. The molecular formula is C9H9ClF3NO. The van der Waals surface area contributed by atoms with Crippen LogP contribution in [0.3, 0.4) is 0 Å². The summed E-state index contributed by atoms with van der Waals surface area (Å²) < 4.78 is 39.2. The van der Waals surface area contributed by atoms with Crippen LogP contribution in [0, 0.1) is 5.82 Å². The molecule has 0 aliphatic heterocycles. The van der Waals surface area contributed by atoms with E-state index in [2.05, 4.69) is 0 Å². The van der Waals surface area contributed by atoms with E-state index in [1.54, 1.807) is 0 Å². The van der Waals surface area contributed by atoms with Crippen LogP contribution in [0.4, 0.5) is 13.2 Å². The molecule has 3 N–H and O–H groups in total. The smallest absolute Gasteiger partial charge is 0.289 e. The lowest BCUT2D eigenvalue weighted by Gasteiger charge is -2.22. The summed E-state index contributed by atoms with van der Waals surface area (Å²) in [5.41, 5.74) is 4.66. The van der Waals surface area contributed by atoms with E-state index in [4.69, 9.17) is 22.4 Å². The van der Waals surface area contributed by atoms with Gasteiger partial charge in [-0.2, -0.15) is 0 Å². The molecule has 2 nitrogen and oxygen atoms in total. The fourth-order valence-electron chi connectivity index (χ4n) is 1.12. The first-order valence-electron chi connectivity index (χ1n) is 4.08. The van der Waals surface area contributed by atoms with Crippen LogP contribution in [0.2, 0.25) is 5.02 Å². The standard InChI is InChI=1S/C9H9ClF3NO/c10-5-2-1-3-6(11)7(5)8(14)9(12,13)4-15/h1-3,8,15H,4,14H2/t8-/m1/s1. The number of benzene rings is 1. The minimum absolute atomic E-state index is 0.185. The Morgan fingerprint density at radius 2 is 2.07 bits per heavy atom. The van der Waals surface area contributed by atoms with E-state index in [0.717, 1.165) is 6.07 Å². The molecule has 84 valence electrons. The molecule has 0 aliphatic carbocycles. The molecule has 0 aromatic heterocycles. The van der Waals surface area contributed by atoms with Crippen LogP contribution in [-0.2, 0) is 0 Å². The summed E-state index contributed by atoms with van der Waals surface area (Å²) in [6.07, 6.45) is 0. The average Bonchev–Trinajstić information content (AvgIpc) is 2.17. The minimum atomic E-state index is -3.61. The predicted molar refractivity (Wildman–Crippen MR) is 50.4 cm³/mol. The Morgan fingerprint density at radius 1 is 1.47 bits per heavy atom. The number of nitrogens with two attached hydrogens (primary N) is 1. The first kappa shape index (κ1) is 12.3. The van der Waals surface area contributed by atoms with Crippen molar-refractivity contribution < 1.29 is 18.3 Å². The predicted octanol–water partition coefficient (Wildman–Crippen LogP) is 2.11. The van der Waals surface area contributed by atoms with Crippen molar-refractivity contribution in [1.29, 1.82) is 0 Å². The van der Waals surface area contributed by atoms with Crippen molar-refractivity contribution in [2.24, 2.45) is 5.73 Å². The molecule has 1 rings (SSSR count). The van der Waals surface area contributed by atoms with Gasteiger partial charge in [-0.1, -0.05) is 17.7 Å². The highest BCUT2D eigenvalue weighted by Crippen LogP contribution is 2.34. The molecule has 1 aromatic carbocycles. The van der Waals surface area contributed by atoms with Gasteiger partial charge in [0.1, 0.15) is 18.5 Å². The maximum absolute atomic E-state index is 13.2. The van der Waals surface area contributed by atoms with Gasteiger partial charge in [-0.25, -0.2) is 13.2 Å². The fourth-order valence-corrected chi connectivity index (χ4v) is 1.40. The summed E-state index contributed by atoms with van der Waals surface area (Å²) in [5, 5.41) is 8.23. The molecule has 0 unspecified atom stereocenters. The highest BCUT2D eigenvalue weighted by Gasteiger charge is 2.39. The third-order valence-corrected chi connectivity index (χ3v) is 2.31. The van der Waals surface area contributed by atoms with Crippen molar-refractivity contribution in [2.75, 3.05) is 6.61 Å². The van der Waals surface area contributed by atoms with Gasteiger partial charge < -0.3 is 10.8 Å². The topological polar surface area (TPSA) is 46.2 Å². The summed E-state index contributed by atoms with van der Waals surface area (Å²) in [7, 11) is 0. The van der Waals surface area contributed by atoms with Crippen molar-refractivity contribution in [3.8, 4) is 0 Å². The van der Waals surface area contributed by atoms with E-state index in [-0.39, 0.29) is 5.02 Å². The van der Waals surface area contributed by atoms with Crippen molar-refractivity contribution in [1.82, 2.24) is 0 Å². The van der Waals surface area contributed by atoms with Crippen LogP contribution >= 0.6 is 11.6 Å². The molecule has 0 fully saturated rings. The van der Waals surface area contributed by atoms with Gasteiger partial charge in [0.25, 0.3) is 5.92 Å². The lowest BCUT2D eigenvalue weighted by Crippen LogP contribution is -2.37. The van der Waals surface area contributed by atoms with Crippen molar-refractivity contribution in [2.45, 2.75) is 12.0 Å². The Balaban J connectivity index is 3.16. The second-order valence-electron chi connectivity index (χ2n) is 3.03. The monoisotopic (exact) mass is 239 g/mol. The first-order valence-corrected chi connectivity index (χ1v) is 4.46. The molecule has 0 heterocycles. The normalized spacial score (nSPS) is 14.0. The number of rotatable bonds is 3. The largest absolute Gasteiger partial charge is 0.390 e. The fraction of sp³-hybridized carbons (Fsp3) is 0.333. The Morgan fingerprint density at radius 3 is 2.53 bits per heavy atom. The van der Waals surface area contributed by atoms with Crippen LogP contribution in [0.25, 0.3) is 0 Å². The Labute approximate surface area is 89.5 Å². The second kappa shape index (κ2) is 4.38. The number of aliphatic hydroxyl groups is 1. The third kappa shape index (κ3) is 2.42. The lowest BCUT2D eigenvalue weighted by molar-refractivity contribution is -0.0718. The number of hydrogen-bond donors (Lipinski definition) is 2. The quantitative estimate of drug-likeness (QED) is 0.849. The molecule has 0 spiro atoms. The molecule has 1 aromatic rings. The van der Waals surface area contributed by atoms with E-state index >= 15 is 0 Å². The highest BCUT2D eigenvalue weighted by molar-refractivity contribution is 6.31. The minimum Gasteiger partial charge on any atom is -0.390 e. The van der Waals surface area contributed by atoms with E-state index in [1.807, 2.05) is 0 Å². The number of halogens is 4. The van der Waals surface area contributed by atoms with Crippen molar-refractivity contribution >= 4 is 11.6 Å². The van der Waals surface area contributed by atoms with E-state index < -0.39 is 30.0 Å². The molecule has 0 saturated carbocycles. The SMILES string of the molecule is N[C@H](c1c(F)cccc1Cl)C(F)(F)CO. The maximum atomic E-state index is 13.2. The van der Waals surface area contributed by atoms with Gasteiger partial charge >= 0.3 is 0 Å². The molecule has 1 atom stereocenters. The van der Waals surface area contributed by atoms with Crippen molar-refractivity contribution in [3.05, 3.63) is 34.6 Å². The van der Waals surface area contributed by atoms with Crippen LogP contribution < -0.4 is 5.73 Å². The van der Waals surface area contributed by atoms with Crippen LogP contribution in [0.1, 0.15) is 11.6 Å². The molecular weight excluding hydrogens is 231 g/mol. The Kier molecular flexibility index (Phi) is 3.59. The summed E-state index contributed by atoms with van der Waals surface area (Å²) in [4.78, 5) is 0. The van der Waals surface area contributed by atoms with Crippen LogP contribution in [0.5, 0.6) is 0 Å². The van der Waals surface area contributed by atoms with Gasteiger partial charge in [-0.05, 0) is 12.1 Å². The zero-order valence-electron chi connectivity index (χ0n) is 7.55. The lowest BCUT2D eigenvalue weighted by atomic mass is 10.0.